The number of unbranched alkanes of at least 4 members (excludes halogenated alkanes) is 24. The Kier molecular flexibility index (Phi) is 29.0. The third-order valence-electron chi connectivity index (χ3n) is 7.51. The van der Waals surface area contributed by atoms with E-state index in [1.807, 2.05) is 0 Å². The van der Waals surface area contributed by atoms with Crippen LogP contribution >= 0.6 is 0 Å². The van der Waals surface area contributed by atoms with Gasteiger partial charge in [0.15, 0.2) is 0 Å². The van der Waals surface area contributed by atoms with Crippen molar-refractivity contribution in [1.82, 2.24) is 0 Å². The maximum Gasteiger partial charge on any atom is 0.140 e. The van der Waals surface area contributed by atoms with Crippen molar-refractivity contribution in [3.63, 3.8) is 0 Å². The molecule has 0 amide bonds. The van der Waals surface area contributed by atoms with Crippen LogP contribution in [0.3, 0.4) is 0 Å². The molecule has 0 saturated carbocycles. The lowest BCUT2D eigenvalue weighted by molar-refractivity contribution is -0.127. The van der Waals surface area contributed by atoms with Gasteiger partial charge in [0.05, 0.1) is 6.42 Å². The van der Waals surface area contributed by atoms with E-state index in [2.05, 4.69) is 13.8 Å². The second-order valence-electron chi connectivity index (χ2n) is 11.2. The molecule has 0 aliphatic carbocycles. The SMILES string of the molecule is CCCCCCCCCCCCCCCCCC(=O)CC(=O)CCCCCCCCCCCCC. The van der Waals surface area contributed by atoms with Gasteiger partial charge in [0.2, 0.25) is 0 Å². The molecule has 0 rings (SSSR count). The summed E-state index contributed by atoms with van der Waals surface area (Å²) in [5.41, 5.74) is 0. The van der Waals surface area contributed by atoms with E-state index in [4.69, 9.17) is 0 Å². The smallest absolute Gasteiger partial charge is 0.140 e. The van der Waals surface area contributed by atoms with Gasteiger partial charge in [0, 0.05) is 12.8 Å². The first-order chi connectivity index (χ1) is 17.2. The van der Waals surface area contributed by atoms with Crippen molar-refractivity contribution < 1.29 is 9.59 Å². The lowest BCUT2D eigenvalue weighted by Crippen LogP contribution is -2.07. The molecule has 0 radical (unpaired) electrons. The zero-order valence-electron chi connectivity index (χ0n) is 24.3. The summed E-state index contributed by atoms with van der Waals surface area (Å²) in [4.78, 5) is 24.1. The Morgan fingerprint density at radius 2 is 0.514 bits per heavy atom. The fourth-order valence-corrected chi connectivity index (χ4v) is 5.08. The van der Waals surface area contributed by atoms with E-state index in [0.717, 1.165) is 25.7 Å². The molecule has 0 fully saturated rings. The highest BCUT2D eigenvalue weighted by atomic mass is 16.1. The number of hydrogen-bond acceptors (Lipinski definition) is 2. The van der Waals surface area contributed by atoms with E-state index in [9.17, 15) is 9.59 Å². The van der Waals surface area contributed by atoms with Crippen LogP contribution < -0.4 is 0 Å². The summed E-state index contributed by atoms with van der Waals surface area (Å²) in [7, 11) is 0. The van der Waals surface area contributed by atoms with Gasteiger partial charge in [-0.25, -0.2) is 0 Å². The van der Waals surface area contributed by atoms with Gasteiger partial charge in [-0.2, -0.15) is 0 Å². The molecule has 0 aliphatic heterocycles. The fraction of sp³-hybridized carbons (Fsp3) is 0.939. The van der Waals surface area contributed by atoms with Crippen molar-refractivity contribution in [2.45, 2.75) is 200 Å². The van der Waals surface area contributed by atoms with E-state index >= 15 is 0 Å². The largest absolute Gasteiger partial charge is 0.299 e. The standard InChI is InChI=1S/C33H64O2/c1-3-5-7-9-11-13-15-16-17-18-20-22-24-26-28-30-33(35)31-32(34)29-27-25-23-21-19-14-12-10-8-6-4-2/h3-31H2,1-2H3. The van der Waals surface area contributed by atoms with Crippen LogP contribution in [0.4, 0.5) is 0 Å². The predicted octanol–water partition coefficient (Wildman–Crippen LogP) is 11.5. The van der Waals surface area contributed by atoms with E-state index < -0.39 is 0 Å². The van der Waals surface area contributed by atoms with Gasteiger partial charge in [0.25, 0.3) is 0 Å². The Hall–Kier alpha value is -0.660. The van der Waals surface area contributed by atoms with Crippen LogP contribution in [0.1, 0.15) is 200 Å². The van der Waals surface area contributed by atoms with Gasteiger partial charge in [0.1, 0.15) is 11.6 Å². The van der Waals surface area contributed by atoms with Gasteiger partial charge < -0.3 is 0 Å². The minimum Gasteiger partial charge on any atom is -0.299 e. The predicted molar refractivity (Wildman–Crippen MR) is 155 cm³/mol. The van der Waals surface area contributed by atoms with E-state index in [1.54, 1.807) is 0 Å². The average molecular weight is 493 g/mol. The van der Waals surface area contributed by atoms with Crippen LogP contribution in [0.5, 0.6) is 0 Å². The molecule has 0 aromatic heterocycles. The minimum atomic E-state index is 0.173. The molecule has 35 heavy (non-hydrogen) atoms. The Balaban J connectivity index is 3.28. The van der Waals surface area contributed by atoms with E-state index in [-0.39, 0.29) is 18.0 Å². The first kappa shape index (κ1) is 34.3. The highest BCUT2D eigenvalue weighted by molar-refractivity contribution is 5.98. The molecular formula is C33H64O2. The molecule has 0 aromatic rings. The van der Waals surface area contributed by atoms with Crippen LogP contribution in [-0.4, -0.2) is 11.6 Å². The second kappa shape index (κ2) is 29.6. The summed E-state index contributed by atoms with van der Waals surface area (Å²) in [6.45, 7) is 4.55. The van der Waals surface area contributed by atoms with Crippen LogP contribution in [-0.2, 0) is 9.59 Å². The zero-order valence-corrected chi connectivity index (χ0v) is 24.3. The molecule has 0 N–H and O–H groups in total. The molecule has 0 spiro atoms. The first-order valence-corrected chi connectivity index (χ1v) is 16.2. The molecule has 0 saturated heterocycles. The molecule has 2 nitrogen and oxygen atoms in total. The zero-order chi connectivity index (χ0) is 25.7. The number of hydrogen-bond donors (Lipinski definition) is 0. The first-order valence-electron chi connectivity index (χ1n) is 16.2. The summed E-state index contributed by atoms with van der Waals surface area (Å²) in [6.07, 6.45) is 35.8. The third-order valence-corrected chi connectivity index (χ3v) is 7.51. The lowest BCUT2D eigenvalue weighted by Gasteiger charge is -2.04. The molecule has 0 aliphatic rings. The minimum absolute atomic E-state index is 0.173. The van der Waals surface area contributed by atoms with Crippen LogP contribution in [0, 0.1) is 0 Å². The molecule has 0 aromatic carbocycles. The molecule has 0 atom stereocenters. The van der Waals surface area contributed by atoms with Crippen LogP contribution in [0.2, 0.25) is 0 Å². The number of carbonyl (C=O) groups excluding carboxylic acids is 2. The molecule has 0 bridgehead atoms. The monoisotopic (exact) mass is 492 g/mol. The summed E-state index contributed by atoms with van der Waals surface area (Å²) < 4.78 is 0. The van der Waals surface area contributed by atoms with E-state index in [1.165, 1.54) is 141 Å². The number of carbonyl (C=O) groups is 2. The van der Waals surface area contributed by atoms with Gasteiger partial charge in [-0.15, -0.1) is 0 Å². The highest BCUT2D eigenvalue weighted by Crippen LogP contribution is 2.15. The molecule has 208 valence electrons. The molecule has 0 unspecified atom stereocenters. The van der Waals surface area contributed by atoms with Gasteiger partial charge in [-0.3, -0.25) is 9.59 Å². The third kappa shape index (κ3) is 29.5. The highest BCUT2D eigenvalue weighted by Gasteiger charge is 2.09. The summed E-state index contributed by atoms with van der Waals surface area (Å²) in [5, 5.41) is 0. The second-order valence-corrected chi connectivity index (χ2v) is 11.2. The van der Waals surface area contributed by atoms with Crippen LogP contribution in [0.25, 0.3) is 0 Å². The summed E-state index contributed by atoms with van der Waals surface area (Å²) in [5.74, 6) is 0.347. The van der Waals surface area contributed by atoms with Gasteiger partial charge in [-0.1, -0.05) is 168 Å². The maximum absolute atomic E-state index is 12.1. The topological polar surface area (TPSA) is 34.1 Å². The van der Waals surface area contributed by atoms with Crippen molar-refractivity contribution in [2.24, 2.45) is 0 Å². The summed E-state index contributed by atoms with van der Waals surface area (Å²) in [6, 6.07) is 0. The number of Topliss-reactive ketones (excluding diaryl/α,β-unsaturated/α-hetero) is 2. The Bertz CT molecular complexity index is 442. The average Bonchev–Trinajstić information content (AvgIpc) is 2.85. The Morgan fingerprint density at radius 3 is 0.743 bits per heavy atom. The summed E-state index contributed by atoms with van der Waals surface area (Å²) >= 11 is 0. The Labute approximate surface area is 221 Å². The van der Waals surface area contributed by atoms with Crippen molar-refractivity contribution in [3.05, 3.63) is 0 Å². The van der Waals surface area contributed by atoms with Crippen molar-refractivity contribution >= 4 is 11.6 Å². The van der Waals surface area contributed by atoms with Crippen LogP contribution in [0.15, 0.2) is 0 Å². The van der Waals surface area contributed by atoms with Crippen molar-refractivity contribution in [1.29, 1.82) is 0 Å². The molecule has 0 heterocycles. The van der Waals surface area contributed by atoms with E-state index in [0.29, 0.717) is 12.8 Å². The van der Waals surface area contributed by atoms with Gasteiger partial charge >= 0.3 is 0 Å². The normalized spacial score (nSPS) is 11.3. The lowest BCUT2D eigenvalue weighted by atomic mass is 10.0. The quantitative estimate of drug-likeness (QED) is 0.0737. The maximum atomic E-state index is 12.1. The van der Waals surface area contributed by atoms with Crippen molar-refractivity contribution in [3.8, 4) is 0 Å². The Morgan fingerprint density at radius 1 is 0.314 bits per heavy atom. The number of rotatable bonds is 30. The molecule has 2 heteroatoms. The number of ketones is 2. The fourth-order valence-electron chi connectivity index (χ4n) is 5.08. The molecular weight excluding hydrogens is 428 g/mol. The van der Waals surface area contributed by atoms with Crippen molar-refractivity contribution in [2.75, 3.05) is 0 Å². The van der Waals surface area contributed by atoms with Gasteiger partial charge in [-0.05, 0) is 12.8 Å².